The molecule has 0 saturated carbocycles. The molecule has 0 unspecified atom stereocenters. The number of ether oxygens (including phenoxy) is 1. The van der Waals surface area contributed by atoms with E-state index >= 15 is 0 Å². The van der Waals surface area contributed by atoms with Gasteiger partial charge in [-0.3, -0.25) is 9.59 Å². The molecule has 0 saturated heterocycles. The minimum atomic E-state index is -0.392. The van der Waals surface area contributed by atoms with Gasteiger partial charge in [0.15, 0.2) is 0 Å². The predicted octanol–water partition coefficient (Wildman–Crippen LogP) is 3.74. The number of nitrogens with zero attached hydrogens (tertiary/aromatic N) is 1. The van der Waals surface area contributed by atoms with Crippen LogP contribution < -0.4 is 10.2 Å². The third-order valence-corrected chi connectivity index (χ3v) is 3.97. The predicted molar refractivity (Wildman–Crippen MR) is 99.7 cm³/mol. The Labute approximate surface area is 155 Å². The first-order chi connectivity index (χ1) is 11.0. The van der Waals surface area contributed by atoms with Crippen molar-refractivity contribution in [2.24, 2.45) is 5.10 Å². The number of nitrogens with one attached hydrogen (secondary N) is 1. The summed E-state index contributed by atoms with van der Waals surface area (Å²) in [4.78, 5) is 22.9. The number of hydrogen-bond acceptors (Lipinski definition) is 4. The van der Waals surface area contributed by atoms with Crippen LogP contribution in [0.5, 0.6) is 5.75 Å². The molecule has 2 aromatic rings. The van der Waals surface area contributed by atoms with E-state index in [2.05, 4.69) is 49.0 Å². The summed E-state index contributed by atoms with van der Waals surface area (Å²) in [5.41, 5.74) is 3.76. The van der Waals surface area contributed by atoms with E-state index in [1.165, 1.54) is 13.1 Å². The van der Waals surface area contributed by atoms with Gasteiger partial charge < -0.3 is 4.74 Å². The smallest absolute Gasteiger partial charge is 0.308 e. The van der Waals surface area contributed by atoms with Crippen LogP contribution in [-0.2, 0) is 4.79 Å². The van der Waals surface area contributed by atoms with Crippen LogP contribution in [0, 0.1) is 3.57 Å². The normalized spacial score (nSPS) is 10.6. The van der Waals surface area contributed by atoms with Gasteiger partial charge in [-0.1, -0.05) is 6.07 Å². The molecule has 0 aliphatic heterocycles. The number of hydrazone groups is 1. The van der Waals surface area contributed by atoms with Crippen LogP contribution in [0.4, 0.5) is 0 Å². The first kappa shape index (κ1) is 17.6. The highest BCUT2D eigenvalue weighted by molar-refractivity contribution is 14.1. The summed E-state index contributed by atoms with van der Waals surface area (Å²) in [5.74, 6) is -0.246. The van der Waals surface area contributed by atoms with E-state index in [0.29, 0.717) is 15.8 Å². The average Bonchev–Trinajstić information content (AvgIpc) is 2.49. The molecule has 0 aliphatic rings. The van der Waals surface area contributed by atoms with E-state index in [1.807, 2.05) is 12.1 Å². The quantitative estimate of drug-likeness (QED) is 0.235. The molecule has 0 bridgehead atoms. The van der Waals surface area contributed by atoms with Crippen molar-refractivity contribution in [1.82, 2.24) is 5.43 Å². The molecule has 5 nitrogen and oxygen atoms in total. The molecule has 1 N–H and O–H groups in total. The number of hydrogen-bond donors (Lipinski definition) is 1. The molecule has 0 fully saturated rings. The average molecular weight is 487 g/mol. The van der Waals surface area contributed by atoms with Crippen LogP contribution in [-0.4, -0.2) is 18.1 Å². The lowest BCUT2D eigenvalue weighted by Crippen LogP contribution is -2.17. The van der Waals surface area contributed by atoms with Crippen molar-refractivity contribution in [3.63, 3.8) is 0 Å². The van der Waals surface area contributed by atoms with Crippen molar-refractivity contribution < 1.29 is 14.3 Å². The second kappa shape index (κ2) is 8.21. The van der Waals surface area contributed by atoms with E-state index in [4.69, 9.17) is 4.74 Å². The zero-order valence-corrected chi connectivity index (χ0v) is 15.8. The van der Waals surface area contributed by atoms with Crippen molar-refractivity contribution in [2.75, 3.05) is 0 Å². The topological polar surface area (TPSA) is 67.8 Å². The molecule has 1 amide bonds. The lowest BCUT2D eigenvalue weighted by Gasteiger charge is -2.04. The Balaban J connectivity index is 2.02. The Bertz CT molecular complexity index is 778. The summed E-state index contributed by atoms with van der Waals surface area (Å²) in [5, 5.41) is 3.92. The number of amides is 1. The van der Waals surface area contributed by atoms with Gasteiger partial charge in [0.05, 0.1) is 10.7 Å². The monoisotopic (exact) mass is 486 g/mol. The molecular weight excluding hydrogens is 475 g/mol. The third kappa shape index (κ3) is 5.43. The molecule has 0 spiro atoms. The van der Waals surface area contributed by atoms with E-state index in [-0.39, 0.29) is 5.91 Å². The van der Waals surface area contributed by atoms with E-state index in [1.54, 1.807) is 30.3 Å². The molecule has 2 aromatic carbocycles. The number of esters is 1. The van der Waals surface area contributed by atoms with Gasteiger partial charge in [0, 0.05) is 16.1 Å². The van der Waals surface area contributed by atoms with Gasteiger partial charge in [-0.25, -0.2) is 5.43 Å². The molecule has 0 aromatic heterocycles. The second-order valence-corrected chi connectivity index (χ2v) is 6.59. The van der Waals surface area contributed by atoms with Gasteiger partial charge in [0.1, 0.15) is 5.75 Å². The van der Waals surface area contributed by atoms with E-state index < -0.39 is 5.97 Å². The lowest BCUT2D eigenvalue weighted by atomic mass is 10.2. The third-order valence-electron chi connectivity index (χ3n) is 2.68. The van der Waals surface area contributed by atoms with Gasteiger partial charge in [-0.2, -0.15) is 5.10 Å². The summed E-state index contributed by atoms with van der Waals surface area (Å²) < 4.78 is 6.61. The van der Waals surface area contributed by atoms with E-state index in [0.717, 1.165) is 9.13 Å². The molecule has 0 atom stereocenters. The van der Waals surface area contributed by atoms with Crippen LogP contribution >= 0.6 is 38.5 Å². The number of carbonyl (C=O) groups is 2. The fourth-order valence-electron chi connectivity index (χ4n) is 1.69. The number of rotatable bonds is 4. The summed E-state index contributed by atoms with van der Waals surface area (Å²) in [6, 6.07) is 12.3. The Morgan fingerprint density at radius 1 is 1.26 bits per heavy atom. The second-order valence-electron chi connectivity index (χ2n) is 4.49. The first-order valence-corrected chi connectivity index (χ1v) is 8.40. The Kier molecular flexibility index (Phi) is 6.28. The Morgan fingerprint density at radius 3 is 2.70 bits per heavy atom. The molecule has 0 aliphatic carbocycles. The van der Waals surface area contributed by atoms with Gasteiger partial charge in [-0.05, 0) is 80.5 Å². The minimum absolute atomic E-state index is 0.282. The zero-order chi connectivity index (χ0) is 16.8. The van der Waals surface area contributed by atoms with Gasteiger partial charge in [0.25, 0.3) is 5.91 Å². The lowest BCUT2D eigenvalue weighted by molar-refractivity contribution is -0.131. The first-order valence-electron chi connectivity index (χ1n) is 6.52. The van der Waals surface area contributed by atoms with Crippen molar-refractivity contribution in [3.8, 4) is 5.75 Å². The van der Waals surface area contributed by atoms with Gasteiger partial charge in [0.2, 0.25) is 0 Å². The van der Waals surface area contributed by atoms with Crippen molar-refractivity contribution in [2.45, 2.75) is 6.92 Å². The number of carbonyl (C=O) groups excluding carboxylic acids is 2. The SMILES string of the molecule is CC(=O)Oc1ccc(/C=N\NC(=O)c2cccc(I)c2)cc1Br. The standard InChI is InChI=1S/C16H12BrIN2O3/c1-10(21)23-15-6-5-11(7-14(15)17)9-19-20-16(22)12-3-2-4-13(18)8-12/h2-9H,1H3,(H,20,22)/b19-9-. The summed E-state index contributed by atoms with van der Waals surface area (Å²) >= 11 is 5.46. The fourth-order valence-corrected chi connectivity index (χ4v) is 2.72. The molecule has 23 heavy (non-hydrogen) atoms. The maximum atomic E-state index is 11.9. The largest absolute Gasteiger partial charge is 0.426 e. The summed E-state index contributed by atoms with van der Waals surface area (Å²) in [6.45, 7) is 1.34. The molecule has 0 heterocycles. The van der Waals surface area contributed by atoms with Crippen LogP contribution in [0.1, 0.15) is 22.8 Å². The highest BCUT2D eigenvalue weighted by Gasteiger charge is 2.05. The van der Waals surface area contributed by atoms with Crippen LogP contribution in [0.3, 0.4) is 0 Å². The summed E-state index contributed by atoms with van der Waals surface area (Å²) in [6.07, 6.45) is 1.51. The van der Waals surface area contributed by atoms with Crippen LogP contribution in [0.15, 0.2) is 52.0 Å². The van der Waals surface area contributed by atoms with Crippen molar-refractivity contribution in [3.05, 3.63) is 61.6 Å². The highest BCUT2D eigenvalue weighted by atomic mass is 127. The number of benzene rings is 2. The zero-order valence-electron chi connectivity index (χ0n) is 12.0. The Morgan fingerprint density at radius 2 is 2.04 bits per heavy atom. The van der Waals surface area contributed by atoms with Crippen LogP contribution in [0.2, 0.25) is 0 Å². The molecule has 2 rings (SSSR count). The van der Waals surface area contributed by atoms with Gasteiger partial charge in [-0.15, -0.1) is 0 Å². The molecule has 118 valence electrons. The number of halogens is 2. The highest BCUT2D eigenvalue weighted by Crippen LogP contribution is 2.25. The maximum absolute atomic E-state index is 11.9. The van der Waals surface area contributed by atoms with E-state index in [9.17, 15) is 9.59 Å². The minimum Gasteiger partial charge on any atom is -0.426 e. The fraction of sp³-hybridized carbons (Fsp3) is 0.0625. The molecule has 7 heteroatoms. The van der Waals surface area contributed by atoms with Crippen molar-refractivity contribution in [1.29, 1.82) is 0 Å². The summed E-state index contributed by atoms with van der Waals surface area (Å²) in [7, 11) is 0. The maximum Gasteiger partial charge on any atom is 0.308 e. The Hall–Kier alpha value is -1.74. The molecular formula is C16H12BrIN2O3. The molecule has 0 radical (unpaired) electrons. The van der Waals surface area contributed by atoms with Crippen LogP contribution in [0.25, 0.3) is 0 Å². The van der Waals surface area contributed by atoms with Gasteiger partial charge >= 0.3 is 5.97 Å². The van der Waals surface area contributed by atoms with Crippen molar-refractivity contribution >= 4 is 56.6 Å².